The number of benzene rings is 1. The summed E-state index contributed by atoms with van der Waals surface area (Å²) in [5.74, 6) is 0. The van der Waals surface area contributed by atoms with Gasteiger partial charge < -0.3 is 9.99 Å². The molecule has 0 bridgehead atoms. The smallest absolute Gasteiger partial charge is 0.266 e. The zero-order chi connectivity index (χ0) is 15.4. The van der Waals surface area contributed by atoms with E-state index in [1.807, 2.05) is 57.4 Å². The highest BCUT2D eigenvalue weighted by Crippen LogP contribution is 2.21. The lowest BCUT2D eigenvalue weighted by atomic mass is 10.0. The van der Waals surface area contributed by atoms with E-state index in [1.165, 1.54) is 0 Å². The van der Waals surface area contributed by atoms with Gasteiger partial charge in [-0.25, -0.2) is 0 Å². The quantitative estimate of drug-likeness (QED) is 0.692. The van der Waals surface area contributed by atoms with E-state index in [0.29, 0.717) is 5.69 Å². The maximum Gasteiger partial charge on any atom is 0.266 e. The number of pyridine rings is 1. The Hall–Kier alpha value is -2.87. The predicted molar refractivity (Wildman–Crippen MR) is 83.1 cm³/mol. The van der Waals surface area contributed by atoms with Gasteiger partial charge in [0.25, 0.3) is 5.56 Å². The minimum atomic E-state index is -0.391. The molecular weight excluding hydrogens is 264 g/mol. The van der Waals surface area contributed by atoms with Crippen molar-refractivity contribution >= 4 is 5.71 Å². The largest absolute Gasteiger partial charge is 0.320 e. The Morgan fingerprint density at radius 2 is 1.95 bits per heavy atom. The van der Waals surface area contributed by atoms with Crippen LogP contribution < -0.4 is 5.56 Å². The summed E-state index contributed by atoms with van der Waals surface area (Å²) in [5.41, 5.74) is 2.71. The first-order chi connectivity index (χ1) is 10.0. The molecule has 2 rings (SSSR count). The van der Waals surface area contributed by atoms with Crippen molar-refractivity contribution in [1.82, 2.24) is 9.99 Å². The fourth-order valence-corrected chi connectivity index (χ4v) is 2.09. The van der Waals surface area contributed by atoms with Gasteiger partial charge in [0.15, 0.2) is 0 Å². The molecule has 0 aliphatic rings. The van der Waals surface area contributed by atoms with Crippen LogP contribution in [0.4, 0.5) is 0 Å². The van der Waals surface area contributed by atoms with Gasteiger partial charge in [-0.15, -0.1) is 0 Å². The van der Waals surface area contributed by atoms with Gasteiger partial charge >= 0.3 is 0 Å². The zero-order valence-electron chi connectivity index (χ0n) is 12.2. The molecule has 2 aromatic rings. The number of nitriles is 1. The van der Waals surface area contributed by atoms with Crippen LogP contribution in [0.25, 0.3) is 11.3 Å². The molecule has 0 unspecified atom stereocenters. The van der Waals surface area contributed by atoms with Crippen LogP contribution in [0.1, 0.15) is 18.1 Å². The van der Waals surface area contributed by atoms with Crippen LogP contribution in [0.3, 0.4) is 0 Å². The number of hydrogen-bond donors (Lipinski definition) is 1. The molecule has 0 fully saturated rings. The summed E-state index contributed by atoms with van der Waals surface area (Å²) >= 11 is 0. The van der Waals surface area contributed by atoms with Crippen molar-refractivity contribution in [2.75, 3.05) is 14.1 Å². The number of rotatable bonds is 3. The van der Waals surface area contributed by atoms with E-state index in [2.05, 4.69) is 10.1 Å². The van der Waals surface area contributed by atoms with Crippen LogP contribution in [0.2, 0.25) is 0 Å². The monoisotopic (exact) mass is 280 g/mol. The number of nitrogens with one attached hydrogen (secondary N) is 1. The molecule has 0 aliphatic carbocycles. The molecule has 0 saturated heterocycles. The van der Waals surface area contributed by atoms with E-state index in [9.17, 15) is 4.79 Å². The van der Waals surface area contributed by atoms with Crippen LogP contribution >= 0.6 is 0 Å². The van der Waals surface area contributed by atoms with E-state index in [1.54, 1.807) is 11.1 Å². The molecule has 1 heterocycles. The molecule has 1 aromatic heterocycles. The van der Waals surface area contributed by atoms with Crippen LogP contribution in [-0.2, 0) is 0 Å². The molecule has 0 saturated carbocycles. The van der Waals surface area contributed by atoms with Gasteiger partial charge in [0.1, 0.15) is 11.6 Å². The van der Waals surface area contributed by atoms with Gasteiger partial charge in [0.05, 0.1) is 11.4 Å². The molecule has 0 radical (unpaired) electrons. The van der Waals surface area contributed by atoms with E-state index < -0.39 is 5.56 Å². The van der Waals surface area contributed by atoms with E-state index in [0.717, 1.165) is 16.8 Å². The Morgan fingerprint density at radius 3 is 2.52 bits per heavy atom. The summed E-state index contributed by atoms with van der Waals surface area (Å²) in [7, 11) is 3.64. The van der Waals surface area contributed by atoms with Gasteiger partial charge in [0, 0.05) is 19.7 Å². The first-order valence-corrected chi connectivity index (χ1v) is 6.48. The Balaban J connectivity index is 2.72. The van der Waals surface area contributed by atoms with Crippen LogP contribution in [0, 0.1) is 11.3 Å². The highest BCUT2D eigenvalue weighted by atomic mass is 16.1. The summed E-state index contributed by atoms with van der Waals surface area (Å²) in [4.78, 5) is 14.7. The molecule has 21 heavy (non-hydrogen) atoms. The maximum atomic E-state index is 11.9. The fraction of sp³-hybridized carbons (Fsp3) is 0.188. The molecule has 106 valence electrons. The minimum absolute atomic E-state index is 0.0815. The second kappa shape index (κ2) is 6.06. The van der Waals surface area contributed by atoms with Crippen molar-refractivity contribution in [2.24, 2.45) is 5.10 Å². The van der Waals surface area contributed by atoms with Crippen LogP contribution in [0.5, 0.6) is 0 Å². The molecule has 1 aromatic carbocycles. The topological polar surface area (TPSA) is 72.2 Å². The highest BCUT2D eigenvalue weighted by molar-refractivity contribution is 6.03. The number of aromatic nitrogens is 1. The van der Waals surface area contributed by atoms with Gasteiger partial charge in [0.2, 0.25) is 0 Å². The first kappa shape index (κ1) is 14.5. The Morgan fingerprint density at radius 1 is 1.29 bits per heavy atom. The SMILES string of the molecule is C/C(=N/N(C)C)c1cc(C#N)c(=O)[nH]c1-c1ccccc1. The van der Waals surface area contributed by atoms with Crippen molar-refractivity contribution in [2.45, 2.75) is 6.92 Å². The van der Waals surface area contributed by atoms with Crippen molar-refractivity contribution in [1.29, 1.82) is 5.26 Å². The third kappa shape index (κ3) is 3.18. The third-order valence-corrected chi connectivity index (χ3v) is 2.96. The van der Waals surface area contributed by atoms with E-state index in [4.69, 9.17) is 5.26 Å². The van der Waals surface area contributed by atoms with Gasteiger partial charge in [-0.05, 0) is 18.6 Å². The summed E-state index contributed by atoms with van der Waals surface area (Å²) in [6.45, 7) is 1.85. The van der Waals surface area contributed by atoms with Gasteiger partial charge in [-0.3, -0.25) is 4.79 Å². The number of hydrogen-bond acceptors (Lipinski definition) is 4. The lowest BCUT2D eigenvalue weighted by Crippen LogP contribution is -2.16. The van der Waals surface area contributed by atoms with Gasteiger partial charge in [-0.2, -0.15) is 10.4 Å². The molecule has 1 N–H and O–H groups in total. The molecule has 5 nitrogen and oxygen atoms in total. The van der Waals surface area contributed by atoms with Crippen molar-refractivity contribution in [3.63, 3.8) is 0 Å². The Labute approximate surface area is 123 Å². The van der Waals surface area contributed by atoms with Crippen LogP contribution in [-0.4, -0.2) is 29.8 Å². The fourth-order valence-electron chi connectivity index (χ4n) is 2.09. The zero-order valence-corrected chi connectivity index (χ0v) is 12.2. The van der Waals surface area contributed by atoms with Crippen molar-refractivity contribution < 1.29 is 0 Å². The average molecular weight is 280 g/mol. The Bertz CT molecular complexity index is 767. The second-order valence-corrected chi connectivity index (χ2v) is 4.81. The average Bonchev–Trinajstić information content (AvgIpc) is 2.47. The number of aromatic amines is 1. The molecular formula is C16H16N4O. The predicted octanol–water partition coefficient (Wildman–Crippen LogP) is 2.20. The van der Waals surface area contributed by atoms with E-state index >= 15 is 0 Å². The molecule has 0 amide bonds. The number of hydrazone groups is 1. The highest BCUT2D eigenvalue weighted by Gasteiger charge is 2.13. The number of nitrogens with zero attached hydrogens (tertiary/aromatic N) is 3. The standard InChI is InChI=1S/C16H16N4O/c1-11(19-20(2)3)14-9-13(10-17)16(21)18-15(14)12-7-5-4-6-8-12/h4-9H,1-3H3,(H,18,21)/b19-11-. The molecule has 0 atom stereocenters. The summed E-state index contributed by atoms with van der Waals surface area (Å²) < 4.78 is 0. The minimum Gasteiger partial charge on any atom is -0.320 e. The summed E-state index contributed by atoms with van der Waals surface area (Å²) in [6.07, 6.45) is 0. The molecule has 5 heteroatoms. The Kier molecular flexibility index (Phi) is 4.19. The summed E-state index contributed by atoms with van der Waals surface area (Å²) in [6, 6.07) is 13.0. The van der Waals surface area contributed by atoms with Crippen LogP contribution in [0.15, 0.2) is 46.3 Å². The maximum absolute atomic E-state index is 11.9. The van der Waals surface area contributed by atoms with E-state index in [-0.39, 0.29) is 5.56 Å². The number of H-pyrrole nitrogens is 1. The summed E-state index contributed by atoms with van der Waals surface area (Å²) in [5, 5.41) is 15.1. The lowest BCUT2D eigenvalue weighted by molar-refractivity contribution is 0.438. The lowest BCUT2D eigenvalue weighted by Gasteiger charge is -2.12. The first-order valence-electron chi connectivity index (χ1n) is 6.48. The van der Waals surface area contributed by atoms with Crippen molar-refractivity contribution in [3.05, 3.63) is 57.9 Å². The molecule has 0 aliphatic heterocycles. The molecule has 0 spiro atoms. The normalized spacial score (nSPS) is 11.0. The second-order valence-electron chi connectivity index (χ2n) is 4.81. The van der Waals surface area contributed by atoms with Gasteiger partial charge in [-0.1, -0.05) is 30.3 Å². The van der Waals surface area contributed by atoms with Crippen molar-refractivity contribution in [3.8, 4) is 17.3 Å². The third-order valence-electron chi connectivity index (χ3n) is 2.96.